The van der Waals surface area contributed by atoms with Crippen LogP contribution in [-0.4, -0.2) is 8.42 Å². The molecule has 0 heterocycles. The topological polar surface area (TPSA) is 60.2 Å². The molecule has 2 N–H and O–H groups in total. The predicted octanol–water partition coefficient (Wildman–Crippen LogP) is 3.45. The molecular weight excluding hydrogens is 345 g/mol. The SMILES string of the molecule is Cc1cccc(S(=O)(=O)Cc2ccc(F)cc2Br)c1N. The monoisotopic (exact) mass is 357 g/mol. The van der Waals surface area contributed by atoms with Gasteiger partial charge < -0.3 is 5.73 Å². The minimum absolute atomic E-state index is 0.105. The molecule has 0 amide bonds. The first-order chi connectivity index (χ1) is 9.31. The Morgan fingerprint density at radius 2 is 1.95 bits per heavy atom. The van der Waals surface area contributed by atoms with Gasteiger partial charge in [-0.2, -0.15) is 0 Å². The minimum atomic E-state index is -3.58. The Bertz CT molecular complexity index is 760. The van der Waals surface area contributed by atoms with E-state index in [2.05, 4.69) is 15.9 Å². The van der Waals surface area contributed by atoms with Gasteiger partial charge in [0.25, 0.3) is 0 Å². The molecule has 0 saturated carbocycles. The van der Waals surface area contributed by atoms with Crippen LogP contribution in [0, 0.1) is 12.7 Å². The highest BCUT2D eigenvalue weighted by molar-refractivity contribution is 9.10. The summed E-state index contributed by atoms with van der Waals surface area (Å²) in [5.74, 6) is -0.658. The number of hydrogen-bond acceptors (Lipinski definition) is 3. The number of anilines is 1. The Kier molecular flexibility index (Phi) is 4.15. The van der Waals surface area contributed by atoms with Crippen LogP contribution in [0.2, 0.25) is 0 Å². The van der Waals surface area contributed by atoms with E-state index in [0.29, 0.717) is 15.6 Å². The molecule has 0 aliphatic carbocycles. The second-order valence-electron chi connectivity index (χ2n) is 4.48. The minimum Gasteiger partial charge on any atom is -0.397 e. The zero-order valence-electron chi connectivity index (χ0n) is 10.7. The average Bonchev–Trinajstić information content (AvgIpc) is 2.36. The van der Waals surface area contributed by atoms with Gasteiger partial charge >= 0.3 is 0 Å². The van der Waals surface area contributed by atoms with Gasteiger partial charge in [-0.15, -0.1) is 0 Å². The maximum atomic E-state index is 13.0. The van der Waals surface area contributed by atoms with Crippen molar-refractivity contribution < 1.29 is 12.8 Å². The zero-order valence-corrected chi connectivity index (χ0v) is 13.1. The van der Waals surface area contributed by atoms with Crippen LogP contribution in [0.5, 0.6) is 0 Å². The van der Waals surface area contributed by atoms with Crippen LogP contribution >= 0.6 is 15.9 Å². The fraction of sp³-hybridized carbons (Fsp3) is 0.143. The summed E-state index contributed by atoms with van der Waals surface area (Å²) in [6, 6.07) is 8.80. The van der Waals surface area contributed by atoms with Gasteiger partial charge in [0.2, 0.25) is 0 Å². The van der Waals surface area contributed by atoms with Crippen molar-refractivity contribution in [1.82, 2.24) is 0 Å². The lowest BCUT2D eigenvalue weighted by atomic mass is 10.2. The van der Waals surface area contributed by atoms with E-state index in [-0.39, 0.29) is 16.3 Å². The summed E-state index contributed by atoms with van der Waals surface area (Å²) in [6.07, 6.45) is 0. The molecule has 2 aromatic carbocycles. The molecule has 3 nitrogen and oxygen atoms in total. The fourth-order valence-corrected chi connectivity index (χ4v) is 4.12. The standard InChI is InChI=1S/C14H13BrFNO2S/c1-9-3-2-4-13(14(9)17)20(18,19)8-10-5-6-11(16)7-12(10)15/h2-7H,8,17H2,1H3. The number of benzene rings is 2. The van der Waals surface area contributed by atoms with Crippen LogP contribution in [0.25, 0.3) is 0 Å². The number of nitrogen functional groups attached to an aromatic ring is 1. The third-order valence-corrected chi connectivity index (χ3v) is 5.44. The summed E-state index contributed by atoms with van der Waals surface area (Å²) in [7, 11) is -3.58. The third-order valence-electron chi connectivity index (χ3n) is 2.98. The highest BCUT2D eigenvalue weighted by Gasteiger charge is 2.20. The van der Waals surface area contributed by atoms with Crippen molar-refractivity contribution in [2.24, 2.45) is 0 Å². The van der Waals surface area contributed by atoms with E-state index in [1.807, 2.05) is 0 Å². The molecule has 0 radical (unpaired) electrons. The Morgan fingerprint density at radius 1 is 1.25 bits per heavy atom. The molecule has 0 atom stereocenters. The van der Waals surface area contributed by atoms with Crippen molar-refractivity contribution in [3.63, 3.8) is 0 Å². The molecule has 0 aliphatic heterocycles. The maximum absolute atomic E-state index is 13.0. The van der Waals surface area contributed by atoms with Crippen LogP contribution in [-0.2, 0) is 15.6 Å². The van der Waals surface area contributed by atoms with Gasteiger partial charge in [0, 0.05) is 4.47 Å². The van der Waals surface area contributed by atoms with Gasteiger partial charge in [0.05, 0.1) is 16.3 Å². The molecule has 2 rings (SSSR count). The van der Waals surface area contributed by atoms with Crippen molar-refractivity contribution in [2.75, 3.05) is 5.73 Å². The number of hydrogen-bond donors (Lipinski definition) is 1. The molecule has 0 aliphatic rings. The summed E-state index contributed by atoms with van der Waals surface area (Å²) in [5, 5.41) is 0. The van der Waals surface area contributed by atoms with Crippen molar-refractivity contribution in [3.05, 3.63) is 57.8 Å². The Labute approximate surface area is 125 Å². The van der Waals surface area contributed by atoms with Gasteiger partial charge in [-0.3, -0.25) is 0 Å². The molecule has 0 fully saturated rings. The Morgan fingerprint density at radius 3 is 2.60 bits per heavy atom. The highest BCUT2D eigenvalue weighted by atomic mass is 79.9. The summed E-state index contributed by atoms with van der Waals surface area (Å²) in [5.41, 5.74) is 7.29. The first-order valence-corrected chi connectivity index (χ1v) is 8.27. The van der Waals surface area contributed by atoms with E-state index in [1.54, 1.807) is 19.1 Å². The van der Waals surface area contributed by atoms with Gasteiger partial charge in [0.15, 0.2) is 9.84 Å². The summed E-state index contributed by atoms with van der Waals surface area (Å²) >= 11 is 3.17. The zero-order chi connectivity index (χ0) is 14.9. The van der Waals surface area contributed by atoms with Gasteiger partial charge in [0.1, 0.15) is 5.82 Å². The Hall–Kier alpha value is -1.40. The van der Waals surface area contributed by atoms with E-state index in [9.17, 15) is 12.8 Å². The summed E-state index contributed by atoms with van der Waals surface area (Å²) in [6.45, 7) is 1.75. The molecule has 0 spiro atoms. The van der Waals surface area contributed by atoms with Crippen molar-refractivity contribution in [3.8, 4) is 0 Å². The normalized spacial score (nSPS) is 11.6. The number of aryl methyl sites for hydroxylation is 1. The fourth-order valence-electron chi connectivity index (χ4n) is 1.85. The van der Waals surface area contributed by atoms with Crippen molar-refractivity contribution >= 4 is 31.5 Å². The lowest BCUT2D eigenvalue weighted by Crippen LogP contribution is -2.09. The van der Waals surface area contributed by atoms with Gasteiger partial charge in [-0.25, -0.2) is 12.8 Å². The Balaban J connectivity index is 2.44. The molecule has 106 valence electrons. The second kappa shape index (κ2) is 5.54. The second-order valence-corrected chi connectivity index (χ2v) is 7.29. The molecule has 0 aromatic heterocycles. The predicted molar refractivity (Wildman–Crippen MR) is 80.6 cm³/mol. The van der Waals surface area contributed by atoms with Crippen LogP contribution in [0.4, 0.5) is 10.1 Å². The summed E-state index contributed by atoms with van der Waals surface area (Å²) in [4.78, 5) is 0.105. The molecule has 6 heteroatoms. The lowest BCUT2D eigenvalue weighted by Gasteiger charge is -2.10. The number of halogens is 2. The van der Waals surface area contributed by atoms with E-state index in [4.69, 9.17) is 5.73 Å². The molecule has 20 heavy (non-hydrogen) atoms. The lowest BCUT2D eigenvalue weighted by molar-refractivity contribution is 0.595. The number of rotatable bonds is 3. The van der Waals surface area contributed by atoms with E-state index < -0.39 is 15.7 Å². The number of para-hydroxylation sites is 1. The number of sulfone groups is 1. The summed E-state index contributed by atoms with van der Waals surface area (Å²) < 4.78 is 38.3. The van der Waals surface area contributed by atoms with Crippen molar-refractivity contribution in [1.29, 1.82) is 0 Å². The van der Waals surface area contributed by atoms with Crippen LogP contribution in [0.15, 0.2) is 45.8 Å². The van der Waals surface area contributed by atoms with Crippen LogP contribution < -0.4 is 5.73 Å². The molecule has 0 unspecified atom stereocenters. The maximum Gasteiger partial charge on any atom is 0.184 e. The number of nitrogens with two attached hydrogens (primary N) is 1. The smallest absolute Gasteiger partial charge is 0.184 e. The van der Waals surface area contributed by atoms with E-state index in [0.717, 1.165) is 0 Å². The van der Waals surface area contributed by atoms with E-state index >= 15 is 0 Å². The average molecular weight is 358 g/mol. The first kappa shape index (κ1) is 15.0. The van der Waals surface area contributed by atoms with Gasteiger partial charge in [-0.1, -0.05) is 34.1 Å². The quantitative estimate of drug-likeness (QED) is 0.855. The van der Waals surface area contributed by atoms with Crippen LogP contribution in [0.1, 0.15) is 11.1 Å². The third kappa shape index (κ3) is 3.02. The highest BCUT2D eigenvalue weighted by Crippen LogP contribution is 2.27. The van der Waals surface area contributed by atoms with Crippen LogP contribution in [0.3, 0.4) is 0 Å². The molecular formula is C14H13BrFNO2S. The van der Waals surface area contributed by atoms with Gasteiger partial charge in [-0.05, 0) is 36.2 Å². The molecule has 2 aromatic rings. The first-order valence-electron chi connectivity index (χ1n) is 5.83. The van der Waals surface area contributed by atoms with E-state index in [1.165, 1.54) is 24.3 Å². The largest absolute Gasteiger partial charge is 0.397 e. The molecule has 0 saturated heterocycles. The molecule has 0 bridgehead atoms. The van der Waals surface area contributed by atoms with Crippen molar-refractivity contribution in [2.45, 2.75) is 17.6 Å².